The lowest BCUT2D eigenvalue weighted by molar-refractivity contribution is -0.384. The molecule has 0 fully saturated rings. The fourth-order valence-electron chi connectivity index (χ4n) is 4.19. The molecule has 0 bridgehead atoms. The molecule has 0 radical (unpaired) electrons. The smallest absolute Gasteiger partial charge is 0.270 e. The van der Waals surface area contributed by atoms with Crippen LogP contribution < -0.4 is 5.32 Å². The molecule has 4 rings (SSSR count). The number of nitrogens with one attached hydrogen (secondary N) is 1. The van der Waals surface area contributed by atoms with Crippen molar-refractivity contribution in [1.82, 2.24) is 5.32 Å². The number of carbonyl (C=O) groups is 1. The number of aliphatic imine (C=N–C) groups is 1. The second-order valence-corrected chi connectivity index (χ2v) is 10.6. The summed E-state index contributed by atoms with van der Waals surface area (Å²) in [5.41, 5.74) is 1.77. The van der Waals surface area contributed by atoms with Crippen LogP contribution in [0, 0.1) is 21.4 Å². The van der Waals surface area contributed by atoms with Gasteiger partial charge in [-0.3, -0.25) is 14.9 Å². The lowest BCUT2D eigenvalue weighted by Gasteiger charge is -2.33. The second kappa shape index (κ2) is 9.42. The average Bonchev–Trinajstić information content (AvgIpc) is 3.43. The summed E-state index contributed by atoms with van der Waals surface area (Å²) in [5, 5.41) is 24.7. The number of amides is 1. The Bertz CT molecular complexity index is 1240. The molecule has 0 saturated heterocycles. The molecule has 2 N–H and O–H groups in total. The number of thiophene rings is 1. The standard InChI is InChI=1S/C25H27N3O5S/c1-25(2,3)16-6-8-19-21(12-16)34-24(22(19)23(30)26-14-18-5-4-10-33-18)27-13-15-11-17(28(31)32)7-9-20(15)29/h4-5,7,9-11,13,16,29H,6,8,12,14H2,1-3H3,(H,26,30)/t16-/m0/s1. The zero-order valence-electron chi connectivity index (χ0n) is 19.3. The van der Waals surface area contributed by atoms with E-state index in [-0.39, 0.29) is 34.9 Å². The number of benzene rings is 1. The zero-order valence-corrected chi connectivity index (χ0v) is 20.1. The molecule has 2 heterocycles. The number of non-ortho nitro benzene ring substituents is 1. The van der Waals surface area contributed by atoms with Crippen LogP contribution in [-0.2, 0) is 19.4 Å². The molecule has 8 nitrogen and oxygen atoms in total. The van der Waals surface area contributed by atoms with Crippen molar-refractivity contribution in [3.63, 3.8) is 0 Å². The summed E-state index contributed by atoms with van der Waals surface area (Å²) in [6.45, 7) is 6.96. The van der Waals surface area contributed by atoms with Crippen LogP contribution in [0.4, 0.5) is 10.7 Å². The van der Waals surface area contributed by atoms with Gasteiger partial charge in [-0.05, 0) is 54.4 Å². The normalized spacial score (nSPS) is 15.9. The van der Waals surface area contributed by atoms with E-state index >= 15 is 0 Å². The predicted octanol–water partition coefficient (Wildman–Crippen LogP) is 5.79. The molecule has 0 spiro atoms. The number of phenols is 1. The fourth-order valence-corrected chi connectivity index (χ4v) is 5.46. The molecule has 0 aliphatic heterocycles. The number of hydrogen-bond acceptors (Lipinski definition) is 7. The summed E-state index contributed by atoms with van der Waals surface area (Å²) in [4.78, 5) is 29.5. The number of aromatic hydroxyl groups is 1. The molecular weight excluding hydrogens is 454 g/mol. The van der Waals surface area contributed by atoms with E-state index in [1.165, 1.54) is 35.8 Å². The van der Waals surface area contributed by atoms with Crippen molar-refractivity contribution in [2.24, 2.45) is 16.3 Å². The van der Waals surface area contributed by atoms with Crippen molar-refractivity contribution in [1.29, 1.82) is 0 Å². The van der Waals surface area contributed by atoms with Crippen molar-refractivity contribution in [2.75, 3.05) is 0 Å². The average molecular weight is 482 g/mol. The van der Waals surface area contributed by atoms with Crippen LogP contribution in [0.2, 0.25) is 0 Å². The Morgan fingerprint density at radius 1 is 1.38 bits per heavy atom. The highest BCUT2D eigenvalue weighted by atomic mass is 32.1. The minimum atomic E-state index is -0.527. The third-order valence-corrected chi connectivity index (χ3v) is 7.41. The van der Waals surface area contributed by atoms with Crippen LogP contribution in [0.25, 0.3) is 0 Å². The summed E-state index contributed by atoms with van der Waals surface area (Å²) in [5.74, 6) is 0.790. The number of rotatable bonds is 6. The first-order valence-electron chi connectivity index (χ1n) is 11.1. The van der Waals surface area contributed by atoms with Gasteiger partial charge in [-0.2, -0.15) is 0 Å². The van der Waals surface area contributed by atoms with E-state index in [0.29, 0.717) is 22.2 Å². The molecule has 3 aromatic rings. The Hall–Kier alpha value is -3.46. The Kier molecular flexibility index (Phi) is 6.56. The van der Waals surface area contributed by atoms with Crippen LogP contribution in [-0.4, -0.2) is 22.2 Å². The van der Waals surface area contributed by atoms with Crippen LogP contribution >= 0.6 is 11.3 Å². The Morgan fingerprint density at radius 3 is 2.85 bits per heavy atom. The summed E-state index contributed by atoms with van der Waals surface area (Å²) in [6.07, 6.45) is 5.58. The second-order valence-electron chi connectivity index (χ2n) is 9.51. The first-order valence-corrected chi connectivity index (χ1v) is 11.9. The molecule has 0 unspecified atom stereocenters. The van der Waals surface area contributed by atoms with Crippen molar-refractivity contribution < 1.29 is 19.2 Å². The van der Waals surface area contributed by atoms with Crippen LogP contribution in [0.5, 0.6) is 5.75 Å². The molecule has 1 amide bonds. The Balaban J connectivity index is 1.69. The van der Waals surface area contributed by atoms with Gasteiger partial charge in [0, 0.05) is 28.8 Å². The van der Waals surface area contributed by atoms with E-state index in [2.05, 4.69) is 31.1 Å². The first-order chi connectivity index (χ1) is 16.1. The van der Waals surface area contributed by atoms with Crippen LogP contribution in [0.1, 0.15) is 59.3 Å². The molecule has 178 valence electrons. The lowest BCUT2D eigenvalue weighted by Crippen LogP contribution is -2.28. The minimum Gasteiger partial charge on any atom is -0.507 e. The van der Waals surface area contributed by atoms with Crippen molar-refractivity contribution in [3.05, 3.63) is 74.0 Å². The quantitative estimate of drug-likeness (QED) is 0.263. The van der Waals surface area contributed by atoms with E-state index in [0.717, 1.165) is 29.7 Å². The number of nitrogens with zero attached hydrogens (tertiary/aromatic N) is 2. The summed E-state index contributed by atoms with van der Waals surface area (Å²) >= 11 is 1.47. The molecule has 1 aliphatic rings. The zero-order chi connectivity index (χ0) is 24.5. The minimum absolute atomic E-state index is 0.118. The lowest BCUT2D eigenvalue weighted by atomic mass is 9.72. The highest BCUT2D eigenvalue weighted by molar-refractivity contribution is 7.16. The number of carbonyl (C=O) groups excluding carboxylic acids is 1. The van der Waals surface area contributed by atoms with Gasteiger partial charge < -0.3 is 14.8 Å². The number of fused-ring (bicyclic) bond motifs is 1. The molecule has 2 aromatic heterocycles. The van der Waals surface area contributed by atoms with Gasteiger partial charge in [0.05, 0.1) is 23.3 Å². The summed E-state index contributed by atoms with van der Waals surface area (Å²) < 4.78 is 5.32. The molecule has 1 aromatic carbocycles. The van der Waals surface area contributed by atoms with Gasteiger partial charge in [-0.25, -0.2) is 4.99 Å². The molecule has 1 atom stereocenters. The van der Waals surface area contributed by atoms with E-state index in [1.807, 2.05) is 0 Å². The third-order valence-electron chi connectivity index (χ3n) is 6.24. The van der Waals surface area contributed by atoms with Gasteiger partial charge in [0.1, 0.15) is 16.5 Å². The molecule has 1 aliphatic carbocycles. The van der Waals surface area contributed by atoms with Gasteiger partial charge in [0.2, 0.25) is 0 Å². The summed E-state index contributed by atoms with van der Waals surface area (Å²) in [6, 6.07) is 7.32. The van der Waals surface area contributed by atoms with Crippen LogP contribution in [0.15, 0.2) is 46.0 Å². The largest absolute Gasteiger partial charge is 0.507 e. The van der Waals surface area contributed by atoms with E-state index in [9.17, 15) is 20.0 Å². The Labute approximate surface area is 201 Å². The monoisotopic (exact) mass is 481 g/mol. The van der Waals surface area contributed by atoms with E-state index in [1.54, 1.807) is 18.4 Å². The predicted molar refractivity (Wildman–Crippen MR) is 131 cm³/mol. The van der Waals surface area contributed by atoms with Gasteiger partial charge in [-0.1, -0.05) is 20.8 Å². The van der Waals surface area contributed by atoms with Gasteiger partial charge in [0.25, 0.3) is 11.6 Å². The molecular formula is C25H27N3O5S. The maximum atomic E-state index is 13.2. The van der Waals surface area contributed by atoms with Crippen molar-refractivity contribution in [3.8, 4) is 5.75 Å². The van der Waals surface area contributed by atoms with Gasteiger partial charge in [0.15, 0.2) is 0 Å². The molecule has 0 saturated carbocycles. The maximum Gasteiger partial charge on any atom is 0.270 e. The first kappa shape index (κ1) is 23.7. The van der Waals surface area contributed by atoms with E-state index < -0.39 is 4.92 Å². The van der Waals surface area contributed by atoms with Crippen molar-refractivity contribution >= 4 is 34.1 Å². The SMILES string of the molecule is CC(C)(C)[C@H]1CCc2c(sc(N=Cc3cc([N+](=O)[O-])ccc3O)c2C(=O)NCc2ccco2)C1. The highest BCUT2D eigenvalue weighted by Crippen LogP contribution is 2.45. The van der Waals surface area contributed by atoms with Gasteiger partial charge >= 0.3 is 0 Å². The van der Waals surface area contributed by atoms with Crippen molar-refractivity contribution in [2.45, 2.75) is 46.6 Å². The third kappa shape index (κ3) is 5.04. The molecule has 34 heavy (non-hydrogen) atoms. The fraction of sp³-hybridized carbons (Fsp3) is 0.360. The van der Waals surface area contributed by atoms with E-state index in [4.69, 9.17) is 4.42 Å². The number of nitro benzene ring substituents is 1. The number of phenolic OH excluding ortho intramolecular Hbond substituents is 1. The number of hydrogen-bond donors (Lipinski definition) is 2. The number of furan rings is 1. The number of nitro groups is 1. The summed E-state index contributed by atoms with van der Waals surface area (Å²) in [7, 11) is 0. The topological polar surface area (TPSA) is 118 Å². The highest BCUT2D eigenvalue weighted by Gasteiger charge is 2.33. The van der Waals surface area contributed by atoms with Crippen LogP contribution in [0.3, 0.4) is 0 Å². The Morgan fingerprint density at radius 2 is 2.18 bits per heavy atom. The van der Waals surface area contributed by atoms with Gasteiger partial charge in [-0.15, -0.1) is 11.3 Å². The molecule has 9 heteroatoms. The maximum absolute atomic E-state index is 13.2.